The first-order valence-electron chi connectivity index (χ1n) is 38.1. The van der Waals surface area contributed by atoms with Gasteiger partial charge in [-0.3, -0.25) is 0 Å². The predicted molar refractivity (Wildman–Crippen MR) is 451 cm³/mol. The molecule has 0 radical (unpaired) electrons. The fourth-order valence-electron chi connectivity index (χ4n) is 21.3. The number of benzene rings is 14. The predicted octanol–water partition coefficient (Wildman–Crippen LogP) is 23.0. The van der Waals surface area contributed by atoms with Crippen LogP contribution in [0.15, 0.2) is 285 Å². The van der Waals surface area contributed by atoms with E-state index in [4.69, 9.17) is 0 Å². The van der Waals surface area contributed by atoms with Gasteiger partial charge in [-0.2, -0.15) is 0 Å². The summed E-state index contributed by atoms with van der Waals surface area (Å²) in [5, 5.41) is 13.9. The Balaban J connectivity index is 0.607. The third kappa shape index (κ3) is 8.79. The molecule has 502 valence electrons. The van der Waals surface area contributed by atoms with Crippen LogP contribution in [0.1, 0.15) is 84.7 Å². The molecule has 0 atom stereocenters. The molecule has 104 heavy (non-hydrogen) atoms. The Morgan fingerprint density at radius 2 is 0.702 bits per heavy atom. The number of para-hydroxylation sites is 4. The van der Waals surface area contributed by atoms with Crippen molar-refractivity contribution < 1.29 is 0 Å². The van der Waals surface area contributed by atoms with Crippen molar-refractivity contribution in [1.29, 1.82) is 0 Å². The molecule has 3 heterocycles. The number of rotatable bonds is 7. The van der Waals surface area contributed by atoms with Crippen molar-refractivity contribution in [2.75, 3.05) is 14.7 Å². The second-order valence-corrected chi connectivity index (χ2v) is 45.5. The molecule has 3 aliphatic heterocycles. The van der Waals surface area contributed by atoms with Crippen molar-refractivity contribution in [3.63, 3.8) is 0 Å². The van der Waals surface area contributed by atoms with Crippen LogP contribution in [0.25, 0.3) is 78.2 Å². The summed E-state index contributed by atoms with van der Waals surface area (Å²) in [6.45, 7) is 15.3. The van der Waals surface area contributed by atoms with Crippen molar-refractivity contribution in [2.45, 2.75) is 101 Å². The molecule has 0 unspecified atom stereocenters. The van der Waals surface area contributed by atoms with Crippen LogP contribution in [0.4, 0.5) is 51.2 Å². The van der Waals surface area contributed by atoms with Crippen molar-refractivity contribution >= 4 is 140 Å². The van der Waals surface area contributed by atoms with E-state index in [0.29, 0.717) is 0 Å². The van der Waals surface area contributed by atoms with Crippen molar-refractivity contribution in [2.24, 2.45) is 0 Å². The summed E-state index contributed by atoms with van der Waals surface area (Å²) in [6.07, 6.45) is 14.6. The van der Waals surface area contributed by atoms with Gasteiger partial charge in [0.1, 0.15) is 24.2 Å². The highest BCUT2D eigenvalue weighted by Gasteiger charge is 2.49. The lowest BCUT2D eigenvalue weighted by molar-refractivity contribution is 0.550. The molecular formula is C98H83N3Si3. The smallest absolute Gasteiger partial charge is 0.118 e. The zero-order valence-electron chi connectivity index (χ0n) is 60.3. The topological polar surface area (TPSA) is 9.72 Å². The average Bonchev–Trinajstić information content (AvgIpc) is 1.34. The molecule has 3 nitrogen and oxygen atoms in total. The number of fused-ring (bicyclic) bond motifs is 18. The number of anilines is 9. The minimum Gasteiger partial charge on any atom is -0.311 e. The van der Waals surface area contributed by atoms with Crippen LogP contribution in [0, 0.1) is 0 Å². The van der Waals surface area contributed by atoms with E-state index in [9.17, 15) is 0 Å². The molecule has 2 spiro atoms. The summed E-state index contributed by atoms with van der Waals surface area (Å²) in [5.74, 6) is 0. The highest BCUT2D eigenvalue weighted by atomic mass is 28.3. The minimum absolute atomic E-state index is 0.00876. The van der Waals surface area contributed by atoms with Gasteiger partial charge >= 0.3 is 0 Å². The maximum Gasteiger partial charge on any atom is 0.118 e. The summed E-state index contributed by atoms with van der Waals surface area (Å²) >= 11 is 0. The molecular weight excluding hydrogens is 1300 g/mol. The third-order valence-electron chi connectivity index (χ3n) is 26.3. The lowest BCUT2D eigenvalue weighted by atomic mass is 9.76. The van der Waals surface area contributed by atoms with Crippen LogP contribution in [-0.4, -0.2) is 24.2 Å². The minimum atomic E-state index is -2.32. The van der Waals surface area contributed by atoms with Gasteiger partial charge < -0.3 is 14.7 Å². The molecule has 6 heteroatoms. The van der Waals surface area contributed by atoms with Gasteiger partial charge in [0.25, 0.3) is 0 Å². The van der Waals surface area contributed by atoms with Crippen LogP contribution >= 0.6 is 0 Å². The lowest BCUT2D eigenvalue weighted by Gasteiger charge is -2.43. The van der Waals surface area contributed by atoms with Gasteiger partial charge in [-0.1, -0.05) is 283 Å². The average molecular weight is 1390 g/mol. The number of hydrogen-bond acceptors (Lipinski definition) is 3. The van der Waals surface area contributed by atoms with Gasteiger partial charge in [-0.15, -0.1) is 0 Å². The normalized spacial score (nSPS) is 17.3. The maximum absolute atomic E-state index is 2.63. The van der Waals surface area contributed by atoms with Crippen LogP contribution in [0.2, 0.25) is 39.3 Å². The van der Waals surface area contributed by atoms with E-state index < -0.39 is 24.2 Å². The van der Waals surface area contributed by atoms with Crippen LogP contribution in [0.3, 0.4) is 0 Å². The van der Waals surface area contributed by atoms with E-state index in [0.717, 1.165) is 0 Å². The van der Waals surface area contributed by atoms with Gasteiger partial charge in [0.2, 0.25) is 0 Å². The SMILES string of the molecule is C[Si]1(C)c2ccccc2N(c2ccc3c(c2)C2(CCCC2)c2cc(C=Cc4ccc(-c5ccc6cc(N7c8ccccc8[Si](C)(C)c8ccc(-c9cccc%10c9[Si](C)(C)c9ccccc9N%10c9ccc%10c(c9)C9(CCCC9)c9ccccc9-%10)cc87)ccc6c5)c5ccccc45)ccc2-3)c2ccccc21. The van der Waals surface area contributed by atoms with E-state index in [1.807, 2.05) is 0 Å². The largest absolute Gasteiger partial charge is 0.311 e. The number of nitrogens with zero attached hydrogens (tertiary/aromatic N) is 3. The molecule has 7 aliphatic rings. The Morgan fingerprint density at radius 1 is 0.279 bits per heavy atom. The van der Waals surface area contributed by atoms with E-state index in [-0.39, 0.29) is 10.8 Å². The Labute approximate surface area is 615 Å². The molecule has 4 aliphatic carbocycles. The maximum atomic E-state index is 2.63. The Kier molecular flexibility index (Phi) is 13.5. The van der Waals surface area contributed by atoms with Gasteiger partial charge in [0.05, 0.1) is 0 Å². The van der Waals surface area contributed by atoms with Gasteiger partial charge in [0, 0.05) is 62.0 Å². The highest BCUT2D eigenvalue weighted by molar-refractivity contribution is 7.04. The van der Waals surface area contributed by atoms with Gasteiger partial charge in [-0.25, -0.2) is 0 Å². The Bertz CT molecular complexity index is 5990. The Hall–Kier alpha value is -10.6. The third-order valence-corrected chi connectivity index (χ3v) is 36.9. The molecule has 0 aromatic heterocycles. The second-order valence-electron chi connectivity index (χ2n) is 32.6. The summed E-state index contributed by atoms with van der Waals surface area (Å²) in [7, 11) is -6.40. The first-order valence-corrected chi connectivity index (χ1v) is 47.1. The van der Waals surface area contributed by atoms with Crippen molar-refractivity contribution in [3.05, 3.63) is 318 Å². The van der Waals surface area contributed by atoms with Crippen LogP contribution in [-0.2, 0) is 10.8 Å². The molecule has 0 bridgehead atoms. The van der Waals surface area contributed by atoms with Gasteiger partial charge in [0.15, 0.2) is 0 Å². The molecule has 2 fully saturated rings. The standard InChI is InChI=1S/C98H83N3Si3/c1-102(2)91-34-15-11-29-85(91)99(86-30-12-16-35-92(86)102)71-47-52-80-78-49-39-64(58-82(78)98(84(80)62-71)56-21-22-57-98)38-40-65-44-50-74(76-25-8-7-24-73(65)76)68-42-41-67-60-70(46-43-66(67)59-68)101-87-31-13-17-36-93(87)103(3,4)95-53-45-69(61-90(95)101)75-27-23-33-89-96(75)104(5,6)94-37-18-14-32-88(94)100(89)72-48-51-79-77-26-9-10-28-81(77)97(83(79)63-72)54-19-20-55-97/h7-18,23-53,58-63H,19-22,54-57H2,1-6H3. The van der Waals surface area contributed by atoms with Crippen LogP contribution < -0.4 is 45.8 Å². The molecule has 14 aromatic rings. The number of hydrogen-bond donors (Lipinski definition) is 0. The monoisotopic (exact) mass is 1390 g/mol. The quantitative estimate of drug-likeness (QED) is 0.116. The van der Waals surface area contributed by atoms with E-state index >= 15 is 0 Å². The summed E-state index contributed by atoms with van der Waals surface area (Å²) in [4.78, 5) is 7.80. The highest BCUT2D eigenvalue weighted by Crippen LogP contribution is 2.60. The fourth-order valence-corrected chi connectivity index (χ4v) is 30.6. The fraction of sp³-hybridized carbons (Fsp3) is 0.163. The van der Waals surface area contributed by atoms with E-state index in [1.165, 1.54) is 233 Å². The summed E-state index contributed by atoms with van der Waals surface area (Å²) in [6, 6.07) is 111. The van der Waals surface area contributed by atoms with E-state index in [2.05, 4.69) is 351 Å². The second kappa shape index (κ2) is 22.7. The summed E-state index contributed by atoms with van der Waals surface area (Å²) in [5.41, 5.74) is 31.0. The molecule has 0 N–H and O–H groups in total. The summed E-state index contributed by atoms with van der Waals surface area (Å²) < 4.78 is 0. The Morgan fingerprint density at radius 3 is 1.34 bits per heavy atom. The zero-order chi connectivity index (χ0) is 69.6. The zero-order valence-corrected chi connectivity index (χ0v) is 63.3. The molecule has 0 saturated heterocycles. The molecule has 0 amide bonds. The van der Waals surface area contributed by atoms with Gasteiger partial charge in [-0.05, 0) is 235 Å². The molecule has 14 aromatic carbocycles. The van der Waals surface area contributed by atoms with E-state index in [1.54, 1.807) is 0 Å². The molecule has 2 saturated carbocycles. The van der Waals surface area contributed by atoms with Crippen molar-refractivity contribution in [1.82, 2.24) is 0 Å². The molecule has 21 rings (SSSR count). The first-order chi connectivity index (χ1) is 50.8. The van der Waals surface area contributed by atoms with Crippen molar-refractivity contribution in [3.8, 4) is 44.5 Å². The lowest BCUT2D eigenvalue weighted by Crippen LogP contribution is -2.59. The van der Waals surface area contributed by atoms with Crippen LogP contribution in [0.5, 0.6) is 0 Å². The first kappa shape index (κ1) is 62.0.